The van der Waals surface area contributed by atoms with Crippen LogP contribution in [0, 0.1) is 0 Å². The molecule has 0 radical (unpaired) electrons. The van der Waals surface area contributed by atoms with E-state index in [-0.39, 0.29) is 0 Å². The SMILES string of the molecule is CCCCCCCCCCCc1cnc[nH]1. The van der Waals surface area contributed by atoms with Crippen LogP contribution < -0.4 is 0 Å². The van der Waals surface area contributed by atoms with Crippen LogP contribution in [0.2, 0.25) is 0 Å². The number of aromatic amines is 1. The van der Waals surface area contributed by atoms with Gasteiger partial charge in [0.15, 0.2) is 0 Å². The Labute approximate surface area is 99.9 Å². The van der Waals surface area contributed by atoms with E-state index in [0.717, 1.165) is 6.42 Å². The lowest BCUT2D eigenvalue weighted by atomic mass is 10.1. The van der Waals surface area contributed by atoms with Crippen LogP contribution in [0.15, 0.2) is 12.5 Å². The first-order valence-electron chi connectivity index (χ1n) is 6.90. The van der Waals surface area contributed by atoms with Gasteiger partial charge in [-0.2, -0.15) is 0 Å². The molecule has 0 aromatic carbocycles. The van der Waals surface area contributed by atoms with E-state index < -0.39 is 0 Å². The molecule has 0 spiro atoms. The van der Waals surface area contributed by atoms with Crippen molar-refractivity contribution in [3.63, 3.8) is 0 Å². The van der Waals surface area contributed by atoms with Crippen LogP contribution >= 0.6 is 0 Å². The fourth-order valence-corrected chi connectivity index (χ4v) is 2.05. The summed E-state index contributed by atoms with van der Waals surface area (Å²) >= 11 is 0. The summed E-state index contributed by atoms with van der Waals surface area (Å²) in [6.45, 7) is 2.27. The summed E-state index contributed by atoms with van der Waals surface area (Å²) in [5, 5.41) is 0. The van der Waals surface area contributed by atoms with Crippen molar-refractivity contribution in [2.45, 2.75) is 71.1 Å². The Morgan fingerprint density at radius 3 is 2.12 bits per heavy atom. The molecular weight excluding hydrogens is 196 g/mol. The molecule has 0 amide bonds. The van der Waals surface area contributed by atoms with Crippen molar-refractivity contribution in [2.24, 2.45) is 0 Å². The van der Waals surface area contributed by atoms with Gasteiger partial charge in [-0.15, -0.1) is 0 Å². The summed E-state index contributed by atoms with van der Waals surface area (Å²) in [5.41, 5.74) is 1.28. The van der Waals surface area contributed by atoms with Gasteiger partial charge in [0.25, 0.3) is 0 Å². The largest absolute Gasteiger partial charge is 0.348 e. The van der Waals surface area contributed by atoms with E-state index in [9.17, 15) is 0 Å². The molecule has 1 N–H and O–H groups in total. The number of hydrogen-bond acceptors (Lipinski definition) is 1. The Morgan fingerprint density at radius 1 is 0.938 bits per heavy atom. The van der Waals surface area contributed by atoms with Gasteiger partial charge in [0, 0.05) is 11.9 Å². The van der Waals surface area contributed by atoms with Crippen LogP contribution in [-0.2, 0) is 6.42 Å². The summed E-state index contributed by atoms with van der Waals surface area (Å²) in [6.07, 6.45) is 17.4. The molecule has 1 heterocycles. The molecule has 1 aromatic heterocycles. The molecule has 0 aliphatic carbocycles. The highest BCUT2D eigenvalue weighted by molar-refractivity contribution is 4.93. The lowest BCUT2D eigenvalue weighted by Gasteiger charge is -2.01. The number of nitrogens with zero attached hydrogens (tertiary/aromatic N) is 1. The second kappa shape index (κ2) is 9.44. The predicted molar refractivity (Wildman–Crippen MR) is 69.5 cm³/mol. The zero-order valence-electron chi connectivity index (χ0n) is 10.7. The lowest BCUT2D eigenvalue weighted by Crippen LogP contribution is -1.86. The van der Waals surface area contributed by atoms with Crippen molar-refractivity contribution in [1.82, 2.24) is 9.97 Å². The Morgan fingerprint density at radius 2 is 1.56 bits per heavy atom. The number of imidazole rings is 1. The molecular formula is C14H26N2. The normalized spacial score (nSPS) is 10.8. The first-order valence-corrected chi connectivity index (χ1v) is 6.90. The first kappa shape index (κ1) is 13.3. The Kier molecular flexibility index (Phi) is 7.83. The van der Waals surface area contributed by atoms with Crippen molar-refractivity contribution in [3.8, 4) is 0 Å². The van der Waals surface area contributed by atoms with Crippen LogP contribution in [-0.4, -0.2) is 9.97 Å². The predicted octanol–water partition coefficient (Wildman–Crippen LogP) is 4.48. The molecule has 92 valence electrons. The topological polar surface area (TPSA) is 28.7 Å². The van der Waals surface area contributed by atoms with Gasteiger partial charge in [-0.1, -0.05) is 58.3 Å². The smallest absolute Gasteiger partial charge is 0.0921 e. The van der Waals surface area contributed by atoms with Gasteiger partial charge in [0.2, 0.25) is 0 Å². The molecule has 0 atom stereocenters. The average molecular weight is 222 g/mol. The fourth-order valence-electron chi connectivity index (χ4n) is 2.05. The van der Waals surface area contributed by atoms with Crippen molar-refractivity contribution < 1.29 is 0 Å². The van der Waals surface area contributed by atoms with E-state index >= 15 is 0 Å². The monoisotopic (exact) mass is 222 g/mol. The van der Waals surface area contributed by atoms with Crippen molar-refractivity contribution in [3.05, 3.63) is 18.2 Å². The zero-order valence-corrected chi connectivity index (χ0v) is 10.7. The molecule has 0 saturated carbocycles. The molecule has 2 heteroatoms. The number of aromatic nitrogens is 2. The molecule has 0 aliphatic rings. The minimum atomic E-state index is 1.16. The van der Waals surface area contributed by atoms with Gasteiger partial charge in [0.05, 0.1) is 6.33 Å². The second-order valence-electron chi connectivity index (χ2n) is 4.66. The Hall–Kier alpha value is -0.790. The van der Waals surface area contributed by atoms with Crippen molar-refractivity contribution >= 4 is 0 Å². The third-order valence-corrected chi connectivity index (χ3v) is 3.10. The quantitative estimate of drug-likeness (QED) is 0.581. The zero-order chi connectivity index (χ0) is 11.5. The average Bonchev–Trinajstić information content (AvgIpc) is 2.80. The molecule has 0 unspecified atom stereocenters. The van der Waals surface area contributed by atoms with Crippen molar-refractivity contribution in [1.29, 1.82) is 0 Å². The molecule has 0 bridgehead atoms. The third-order valence-electron chi connectivity index (χ3n) is 3.10. The maximum absolute atomic E-state index is 4.02. The molecule has 2 nitrogen and oxygen atoms in total. The Balaban J connectivity index is 1.78. The van der Waals surface area contributed by atoms with Gasteiger partial charge in [-0.05, 0) is 12.8 Å². The molecule has 1 aromatic rings. The van der Waals surface area contributed by atoms with E-state index in [2.05, 4.69) is 16.9 Å². The molecule has 0 fully saturated rings. The third kappa shape index (κ3) is 6.65. The number of hydrogen-bond donors (Lipinski definition) is 1. The van der Waals surface area contributed by atoms with Crippen LogP contribution in [0.3, 0.4) is 0 Å². The minimum absolute atomic E-state index is 1.16. The summed E-state index contributed by atoms with van der Waals surface area (Å²) in [5.74, 6) is 0. The molecule has 0 saturated heterocycles. The van der Waals surface area contributed by atoms with Crippen LogP contribution in [0.4, 0.5) is 0 Å². The number of rotatable bonds is 10. The number of unbranched alkanes of at least 4 members (excludes halogenated alkanes) is 8. The van der Waals surface area contributed by atoms with Gasteiger partial charge < -0.3 is 4.98 Å². The van der Waals surface area contributed by atoms with Crippen LogP contribution in [0.5, 0.6) is 0 Å². The molecule has 0 aliphatic heterocycles. The number of H-pyrrole nitrogens is 1. The van der Waals surface area contributed by atoms with E-state index in [1.165, 1.54) is 63.5 Å². The maximum atomic E-state index is 4.02. The van der Waals surface area contributed by atoms with E-state index in [4.69, 9.17) is 0 Å². The summed E-state index contributed by atoms with van der Waals surface area (Å²) in [4.78, 5) is 7.17. The number of aryl methyl sites for hydroxylation is 1. The van der Waals surface area contributed by atoms with E-state index in [0.29, 0.717) is 0 Å². The second-order valence-corrected chi connectivity index (χ2v) is 4.66. The lowest BCUT2D eigenvalue weighted by molar-refractivity contribution is 0.564. The standard InChI is InChI=1S/C14H26N2/c1-2-3-4-5-6-7-8-9-10-11-14-12-15-13-16-14/h12-13H,2-11H2,1H3,(H,15,16). The van der Waals surface area contributed by atoms with E-state index in [1.807, 2.05) is 6.20 Å². The fraction of sp³-hybridized carbons (Fsp3) is 0.786. The summed E-state index contributed by atoms with van der Waals surface area (Å²) in [7, 11) is 0. The van der Waals surface area contributed by atoms with Crippen LogP contribution in [0.1, 0.15) is 70.4 Å². The first-order chi connectivity index (χ1) is 7.93. The van der Waals surface area contributed by atoms with Crippen molar-refractivity contribution in [2.75, 3.05) is 0 Å². The highest BCUT2D eigenvalue weighted by Crippen LogP contribution is 2.10. The molecule has 16 heavy (non-hydrogen) atoms. The van der Waals surface area contributed by atoms with Gasteiger partial charge >= 0.3 is 0 Å². The summed E-state index contributed by atoms with van der Waals surface area (Å²) in [6, 6.07) is 0. The Bertz CT molecular complexity index is 229. The van der Waals surface area contributed by atoms with Gasteiger partial charge in [0.1, 0.15) is 0 Å². The number of nitrogens with one attached hydrogen (secondary N) is 1. The highest BCUT2D eigenvalue weighted by Gasteiger charge is 1.94. The van der Waals surface area contributed by atoms with Crippen LogP contribution in [0.25, 0.3) is 0 Å². The minimum Gasteiger partial charge on any atom is -0.348 e. The maximum Gasteiger partial charge on any atom is 0.0921 e. The highest BCUT2D eigenvalue weighted by atomic mass is 14.9. The molecule has 1 rings (SSSR count). The van der Waals surface area contributed by atoms with E-state index in [1.54, 1.807) is 6.33 Å². The van der Waals surface area contributed by atoms with Gasteiger partial charge in [-0.3, -0.25) is 0 Å². The van der Waals surface area contributed by atoms with Gasteiger partial charge in [-0.25, -0.2) is 4.98 Å². The summed E-state index contributed by atoms with van der Waals surface area (Å²) < 4.78 is 0.